The molecule has 1 aliphatic carbocycles. The van der Waals surface area contributed by atoms with E-state index in [1.807, 2.05) is 25.5 Å². The molecule has 3 rings (SSSR count). The summed E-state index contributed by atoms with van der Waals surface area (Å²) in [6, 6.07) is 0.263. The van der Waals surface area contributed by atoms with Gasteiger partial charge in [-0.3, -0.25) is 5.32 Å². The Balaban J connectivity index is 1.60. The molecule has 2 aliphatic rings. The molecule has 0 bridgehead atoms. The number of ether oxygens (including phenoxy) is 1. The predicted molar refractivity (Wildman–Crippen MR) is 87.4 cm³/mol. The summed E-state index contributed by atoms with van der Waals surface area (Å²) < 4.78 is 7.73. The molecule has 1 N–H and O–H groups in total. The Hall–Kier alpha value is -1.63. The summed E-state index contributed by atoms with van der Waals surface area (Å²) in [5.74, 6) is 0.387. The van der Waals surface area contributed by atoms with Gasteiger partial charge in [0, 0.05) is 6.54 Å². The second kappa shape index (κ2) is 6.47. The zero-order chi connectivity index (χ0) is 16.4. The van der Waals surface area contributed by atoms with Crippen molar-refractivity contribution < 1.29 is 9.53 Å². The third kappa shape index (κ3) is 4.02. The number of urea groups is 1. The zero-order valence-electron chi connectivity index (χ0n) is 14.3. The molecule has 1 saturated heterocycles. The van der Waals surface area contributed by atoms with Crippen LogP contribution in [0.5, 0.6) is 0 Å². The lowest BCUT2D eigenvalue weighted by Gasteiger charge is -2.41. The Labute approximate surface area is 137 Å². The fourth-order valence-electron chi connectivity index (χ4n) is 3.64. The number of morpholine rings is 1. The maximum absolute atomic E-state index is 12.5. The van der Waals surface area contributed by atoms with Gasteiger partial charge in [0.05, 0.1) is 24.3 Å². The molecule has 1 atom stereocenters. The molecule has 1 saturated carbocycles. The number of hydrogen-bond donors (Lipinski definition) is 1. The number of nitrogens with zero attached hydrogens (tertiary/aromatic N) is 4. The molecule has 1 unspecified atom stereocenters. The summed E-state index contributed by atoms with van der Waals surface area (Å²) >= 11 is 0. The number of carbonyl (C=O) groups is 1. The van der Waals surface area contributed by atoms with E-state index in [2.05, 4.69) is 15.4 Å². The van der Waals surface area contributed by atoms with Crippen LogP contribution in [0.1, 0.15) is 58.9 Å². The Morgan fingerprint density at radius 3 is 2.78 bits per heavy atom. The van der Waals surface area contributed by atoms with Gasteiger partial charge < -0.3 is 9.64 Å². The summed E-state index contributed by atoms with van der Waals surface area (Å²) in [7, 11) is 0. The quantitative estimate of drug-likeness (QED) is 0.909. The summed E-state index contributed by atoms with van der Waals surface area (Å²) in [5.41, 5.74) is -0.329. The highest BCUT2D eigenvalue weighted by molar-refractivity contribution is 5.87. The normalized spacial score (nSPS) is 25.3. The topological polar surface area (TPSA) is 72.3 Å². The van der Waals surface area contributed by atoms with Crippen molar-refractivity contribution in [3.8, 4) is 0 Å². The number of rotatable bonds is 2. The van der Waals surface area contributed by atoms with Crippen LogP contribution in [0, 0.1) is 0 Å². The van der Waals surface area contributed by atoms with Crippen molar-refractivity contribution in [2.45, 2.75) is 70.6 Å². The molecule has 0 radical (unpaired) electrons. The number of aromatic nitrogens is 3. The number of carbonyl (C=O) groups excluding carboxylic acids is 1. The van der Waals surface area contributed by atoms with Gasteiger partial charge in [0.2, 0.25) is 5.95 Å². The van der Waals surface area contributed by atoms with E-state index in [-0.39, 0.29) is 17.7 Å². The van der Waals surface area contributed by atoms with Gasteiger partial charge in [-0.15, -0.1) is 5.10 Å². The molecule has 1 aromatic rings. The van der Waals surface area contributed by atoms with E-state index in [9.17, 15) is 4.79 Å². The SMILES string of the molecule is CC1CN(C(=O)Nc2ncn(C3CCCCC3)n2)CC(C)(C)O1. The Morgan fingerprint density at radius 2 is 2.09 bits per heavy atom. The van der Waals surface area contributed by atoms with Crippen LogP contribution in [-0.4, -0.2) is 50.5 Å². The lowest BCUT2D eigenvalue weighted by atomic mass is 9.96. The predicted octanol–water partition coefficient (Wildman–Crippen LogP) is 2.81. The van der Waals surface area contributed by atoms with E-state index in [1.54, 1.807) is 11.2 Å². The van der Waals surface area contributed by atoms with Gasteiger partial charge in [-0.1, -0.05) is 19.3 Å². The van der Waals surface area contributed by atoms with Crippen molar-refractivity contribution in [1.29, 1.82) is 0 Å². The summed E-state index contributed by atoms with van der Waals surface area (Å²) in [6.07, 6.45) is 7.84. The van der Waals surface area contributed by atoms with E-state index in [1.165, 1.54) is 19.3 Å². The molecule has 0 aromatic carbocycles. The largest absolute Gasteiger partial charge is 0.369 e. The smallest absolute Gasteiger partial charge is 0.324 e. The van der Waals surface area contributed by atoms with Crippen LogP contribution in [0.3, 0.4) is 0 Å². The Kier molecular flexibility index (Phi) is 4.57. The van der Waals surface area contributed by atoms with Crippen LogP contribution in [-0.2, 0) is 4.74 Å². The molecule has 1 aliphatic heterocycles. The van der Waals surface area contributed by atoms with E-state index in [0.29, 0.717) is 25.1 Å². The van der Waals surface area contributed by atoms with Crippen molar-refractivity contribution in [3.63, 3.8) is 0 Å². The molecular formula is C16H27N5O2. The minimum Gasteiger partial charge on any atom is -0.369 e. The standard InChI is InChI=1S/C16H27N5O2/c1-12-9-20(10-16(2,3)23-12)15(22)18-14-17-11-21(19-14)13-7-5-4-6-8-13/h11-13H,4-10H2,1-3H3,(H,18,19,22). The van der Waals surface area contributed by atoms with Crippen LogP contribution in [0.4, 0.5) is 10.7 Å². The van der Waals surface area contributed by atoms with Crippen molar-refractivity contribution in [2.24, 2.45) is 0 Å². The van der Waals surface area contributed by atoms with Crippen molar-refractivity contribution in [2.75, 3.05) is 18.4 Å². The first kappa shape index (κ1) is 16.2. The molecule has 2 amide bonds. The highest BCUT2D eigenvalue weighted by Gasteiger charge is 2.34. The number of hydrogen-bond acceptors (Lipinski definition) is 4. The second-order valence-electron chi connectivity index (χ2n) is 7.34. The molecule has 128 valence electrons. The van der Waals surface area contributed by atoms with Crippen molar-refractivity contribution >= 4 is 12.0 Å². The summed E-state index contributed by atoms with van der Waals surface area (Å²) in [5, 5.41) is 7.26. The molecule has 7 heteroatoms. The average Bonchev–Trinajstić information content (AvgIpc) is 2.94. The molecular weight excluding hydrogens is 294 g/mol. The highest BCUT2D eigenvalue weighted by Crippen LogP contribution is 2.27. The molecule has 1 aromatic heterocycles. The van der Waals surface area contributed by atoms with Crippen molar-refractivity contribution in [3.05, 3.63) is 6.33 Å². The second-order valence-corrected chi connectivity index (χ2v) is 7.34. The van der Waals surface area contributed by atoms with Crippen LogP contribution < -0.4 is 5.32 Å². The zero-order valence-corrected chi connectivity index (χ0v) is 14.3. The third-order valence-corrected chi connectivity index (χ3v) is 4.53. The maximum Gasteiger partial charge on any atom is 0.324 e. The fourth-order valence-corrected chi connectivity index (χ4v) is 3.64. The third-order valence-electron chi connectivity index (χ3n) is 4.53. The Bertz CT molecular complexity index is 550. The van der Waals surface area contributed by atoms with Gasteiger partial charge in [-0.05, 0) is 33.6 Å². The van der Waals surface area contributed by atoms with Crippen LogP contribution >= 0.6 is 0 Å². The number of anilines is 1. The Morgan fingerprint density at radius 1 is 1.35 bits per heavy atom. The maximum atomic E-state index is 12.5. The van der Waals surface area contributed by atoms with Crippen molar-refractivity contribution in [1.82, 2.24) is 19.7 Å². The summed E-state index contributed by atoms with van der Waals surface area (Å²) in [6.45, 7) is 7.13. The molecule has 23 heavy (non-hydrogen) atoms. The minimum absolute atomic E-state index is 0.0252. The van der Waals surface area contributed by atoms with E-state index in [4.69, 9.17) is 4.74 Å². The van der Waals surface area contributed by atoms with Gasteiger partial charge in [0.15, 0.2) is 0 Å². The van der Waals surface area contributed by atoms with Gasteiger partial charge in [0.25, 0.3) is 0 Å². The molecule has 0 spiro atoms. The van der Waals surface area contributed by atoms with Gasteiger partial charge in [-0.25, -0.2) is 14.5 Å². The number of amides is 2. The summed E-state index contributed by atoms with van der Waals surface area (Å²) in [4.78, 5) is 18.5. The van der Waals surface area contributed by atoms with Gasteiger partial charge in [0.1, 0.15) is 6.33 Å². The first-order chi connectivity index (χ1) is 10.9. The molecule has 2 heterocycles. The fraction of sp³-hybridized carbons (Fsp3) is 0.812. The monoisotopic (exact) mass is 321 g/mol. The van der Waals surface area contributed by atoms with Gasteiger partial charge >= 0.3 is 6.03 Å². The lowest BCUT2D eigenvalue weighted by Crippen LogP contribution is -2.54. The number of nitrogens with one attached hydrogen (secondary N) is 1. The van der Waals surface area contributed by atoms with Crippen LogP contribution in [0.2, 0.25) is 0 Å². The lowest BCUT2D eigenvalue weighted by molar-refractivity contribution is -0.116. The van der Waals surface area contributed by atoms with E-state index >= 15 is 0 Å². The molecule has 2 fully saturated rings. The average molecular weight is 321 g/mol. The first-order valence-corrected chi connectivity index (χ1v) is 8.58. The molecule has 7 nitrogen and oxygen atoms in total. The minimum atomic E-state index is -0.329. The van der Waals surface area contributed by atoms with E-state index in [0.717, 1.165) is 12.8 Å². The van der Waals surface area contributed by atoms with E-state index < -0.39 is 0 Å². The first-order valence-electron chi connectivity index (χ1n) is 8.58. The van der Waals surface area contributed by atoms with Crippen LogP contribution in [0.15, 0.2) is 6.33 Å². The van der Waals surface area contributed by atoms with Crippen LogP contribution in [0.25, 0.3) is 0 Å². The highest BCUT2D eigenvalue weighted by atomic mass is 16.5. The van der Waals surface area contributed by atoms with Gasteiger partial charge in [-0.2, -0.15) is 0 Å².